The lowest BCUT2D eigenvalue weighted by Gasteiger charge is -2.07. The van der Waals surface area contributed by atoms with Gasteiger partial charge in [0.15, 0.2) is 0 Å². The lowest BCUT2D eigenvalue weighted by Crippen LogP contribution is -2.14. The summed E-state index contributed by atoms with van der Waals surface area (Å²) in [6.07, 6.45) is 5.84. The minimum absolute atomic E-state index is 0.150. The quantitative estimate of drug-likeness (QED) is 0.805. The van der Waals surface area contributed by atoms with Crippen LogP contribution < -0.4 is 5.32 Å². The van der Waals surface area contributed by atoms with E-state index in [1.807, 2.05) is 6.92 Å². The zero-order valence-electron chi connectivity index (χ0n) is 11.5. The fraction of sp³-hybridized carbons (Fsp3) is 0.143. The van der Waals surface area contributed by atoms with E-state index in [2.05, 4.69) is 20.3 Å². The van der Waals surface area contributed by atoms with Crippen LogP contribution in [0.25, 0.3) is 5.65 Å². The van der Waals surface area contributed by atoms with E-state index in [4.69, 9.17) is 11.6 Å². The predicted octanol–water partition coefficient (Wildman–Crippen LogP) is 2.81. The number of aromatic nitrogens is 4. The molecule has 0 aromatic carbocycles. The van der Waals surface area contributed by atoms with Gasteiger partial charge in [-0.2, -0.15) is 0 Å². The molecule has 8 heteroatoms. The van der Waals surface area contributed by atoms with E-state index in [1.54, 1.807) is 22.9 Å². The first-order chi connectivity index (χ1) is 10.6. The van der Waals surface area contributed by atoms with Crippen LogP contribution >= 0.6 is 11.6 Å². The van der Waals surface area contributed by atoms with Gasteiger partial charge in [0.1, 0.15) is 23.2 Å². The molecule has 3 rings (SSSR count). The van der Waals surface area contributed by atoms with Gasteiger partial charge in [0.25, 0.3) is 5.91 Å². The Labute approximate surface area is 130 Å². The largest absolute Gasteiger partial charge is 0.319 e. The van der Waals surface area contributed by atoms with Crippen LogP contribution in [0.1, 0.15) is 21.7 Å². The Hall–Kier alpha value is -2.54. The zero-order valence-corrected chi connectivity index (χ0v) is 12.3. The molecule has 3 aromatic rings. The Balaban J connectivity index is 1.90. The second kappa shape index (κ2) is 5.69. The number of halogens is 2. The van der Waals surface area contributed by atoms with Crippen molar-refractivity contribution in [2.24, 2.45) is 0 Å². The molecule has 22 heavy (non-hydrogen) atoms. The summed E-state index contributed by atoms with van der Waals surface area (Å²) in [6, 6.07) is 1.76. The highest BCUT2D eigenvalue weighted by Crippen LogP contribution is 2.17. The van der Waals surface area contributed by atoms with E-state index in [0.717, 1.165) is 5.56 Å². The maximum atomic E-state index is 12.7. The highest BCUT2D eigenvalue weighted by atomic mass is 35.5. The Morgan fingerprint density at radius 3 is 2.86 bits per heavy atom. The summed E-state index contributed by atoms with van der Waals surface area (Å²) < 4.78 is 14.4. The molecule has 112 valence electrons. The first kappa shape index (κ1) is 14.4. The Morgan fingerprint density at radius 1 is 1.36 bits per heavy atom. The van der Waals surface area contributed by atoms with Crippen LogP contribution in [0.4, 0.5) is 10.1 Å². The summed E-state index contributed by atoms with van der Waals surface area (Å²) in [4.78, 5) is 24.0. The fourth-order valence-electron chi connectivity index (χ4n) is 2.08. The molecule has 0 aliphatic rings. The molecule has 3 aromatic heterocycles. The van der Waals surface area contributed by atoms with Crippen LogP contribution in [-0.2, 0) is 6.67 Å². The second-order valence-corrected chi connectivity index (χ2v) is 5.07. The van der Waals surface area contributed by atoms with Crippen molar-refractivity contribution in [3.8, 4) is 0 Å². The number of imidazole rings is 1. The lowest BCUT2D eigenvalue weighted by atomic mass is 10.2. The van der Waals surface area contributed by atoms with Gasteiger partial charge in [0.2, 0.25) is 0 Å². The van der Waals surface area contributed by atoms with Gasteiger partial charge < -0.3 is 9.72 Å². The zero-order chi connectivity index (χ0) is 15.7. The van der Waals surface area contributed by atoms with Gasteiger partial charge in [0.05, 0.1) is 23.8 Å². The summed E-state index contributed by atoms with van der Waals surface area (Å²) in [5, 5.41) is 2.92. The number of rotatable bonds is 3. The number of carbonyl (C=O) groups is 1. The van der Waals surface area contributed by atoms with E-state index in [0.29, 0.717) is 17.0 Å². The molecule has 6 nitrogen and oxygen atoms in total. The maximum absolute atomic E-state index is 12.7. The van der Waals surface area contributed by atoms with Gasteiger partial charge in [-0.1, -0.05) is 11.6 Å². The van der Waals surface area contributed by atoms with E-state index in [1.165, 1.54) is 12.4 Å². The highest BCUT2D eigenvalue weighted by molar-refractivity contribution is 6.29. The van der Waals surface area contributed by atoms with Gasteiger partial charge in [0, 0.05) is 12.4 Å². The molecular weight excluding hydrogens is 309 g/mol. The highest BCUT2D eigenvalue weighted by Gasteiger charge is 2.11. The van der Waals surface area contributed by atoms with Crippen LogP contribution in [0.15, 0.2) is 30.9 Å². The number of hydrogen-bond acceptors (Lipinski definition) is 4. The maximum Gasteiger partial charge on any atom is 0.275 e. The third-order valence-electron chi connectivity index (χ3n) is 3.03. The van der Waals surface area contributed by atoms with Crippen LogP contribution in [0.2, 0.25) is 5.15 Å². The van der Waals surface area contributed by atoms with Crippen molar-refractivity contribution >= 4 is 28.8 Å². The molecule has 0 fully saturated rings. The van der Waals surface area contributed by atoms with E-state index < -0.39 is 12.6 Å². The number of hydrogen-bond donors (Lipinski definition) is 1. The summed E-state index contributed by atoms with van der Waals surface area (Å²) in [6.45, 7) is 1.20. The number of anilines is 1. The molecule has 0 aliphatic carbocycles. The molecule has 0 aliphatic heterocycles. The first-order valence-electron chi connectivity index (χ1n) is 6.40. The Morgan fingerprint density at radius 2 is 2.18 bits per heavy atom. The minimum atomic E-state index is -0.636. The van der Waals surface area contributed by atoms with Crippen molar-refractivity contribution in [3.05, 3.63) is 53.0 Å². The standard InChI is InChI=1S/C14H11ClFN5O/c1-8-2-9(6-21-7-10(3-16)19-13(8)21)20-14(22)11-4-18-12(15)5-17-11/h2,4-7H,3H2,1H3,(H,20,22). The molecule has 3 heterocycles. The van der Waals surface area contributed by atoms with E-state index >= 15 is 0 Å². The third kappa shape index (κ3) is 2.75. The molecule has 1 amide bonds. The number of amides is 1. The minimum Gasteiger partial charge on any atom is -0.319 e. The van der Waals surface area contributed by atoms with E-state index in [9.17, 15) is 9.18 Å². The molecular formula is C14H11ClFN5O. The summed E-state index contributed by atoms with van der Waals surface area (Å²) in [5.74, 6) is -0.409. The van der Waals surface area contributed by atoms with Gasteiger partial charge in [-0.25, -0.2) is 19.3 Å². The van der Waals surface area contributed by atoms with Gasteiger partial charge >= 0.3 is 0 Å². The van der Waals surface area contributed by atoms with Crippen molar-refractivity contribution in [1.82, 2.24) is 19.4 Å². The number of nitrogens with zero attached hydrogens (tertiary/aromatic N) is 4. The van der Waals surface area contributed by atoms with Crippen LogP contribution in [0.3, 0.4) is 0 Å². The molecule has 0 atom stereocenters. The summed E-state index contributed by atoms with van der Waals surface area (Å²) >= 11 is 5.63. The predicted molar refractivity (Wildman–Crippen MR) is 79.7 cm³/mol. The van der Waals surface area contributed by atoms with Crippen molar-refractivity contribution in [2.75, 3.05) is 5.32 Å². The van der Waals surface area contributed by atoms with Gasteiger partial charge in [-0.05, 0) is 18.6 Å². The molecule has 0 radical (unpaired) electrons. The second-order valence-electron chi connectivity index (χ2n) is 4.69. The monoisotopic (exact) mass is 319 g/mol. The average Bonchev–Trinajstić information content (AvgIpc) is 2.91. The Kier molecular flexibility index (Phi) is 3.72. The van der Waals surface area contributed by atoms with Crippen LogP contribution in [0, 0.1) is 6.92 Å². The Bertz CT molecular complexity index is 846. The smallest absolute Gasteiger partial charge is 0.275 e. The molecule has 0 bridgehead atoms. The van der Waals surface area contributed by atoms with Crippen LogP contribution in [-0.4, -0.2) is 25.3 Å². The lowest BCUT2D eigenvalue weighted by molar-refractivity contribution is 0.102. The molecule has 0 spiro atoms. The summed E-state index contributed by atoms with van der Waals surface area (Å²) in [5.41, 5.74) is 2.51. The van der Waals surface area contributed by atoms with Crippen LogP contribution in [0.5, 0.6) is 0 Å². The fourth-order valence-corrected chi connectivity index (χ4v) is 2.17. The SMILES string of the molecule is Cc1cc(NC(=O)c2cnc(Cl)cn2)cn2cc(CF)nc12. The third-order valence-corrected chi connectivity index (χ3v) is 3.23. The normalized spacial score (nSPS) is 10.9. The molecule has 0 saturated carbocycles. The van der Waals surface area contributed by atoms with Crippen molar-refractivity contribution < 1.29 is 9.18 Å². The van der Waals surface area contributed by atoms with Crippen molar-refractivity contribution in [3.63, 3.8) is 0 Å². The average molecular weight is 320 g/mol. The number of nitrogens with one attached hydrogen (secondary N) is 1. The van der Waals surface area contributed by atoms with Gasteiger partial charge in [-0.3, -0.25) is 4.79 Å². The van der Waals surface area contributed by atoms with Gasteiger partial charge in [-0.15, -0.1) is 0 Å². The first-order valence-corrected chi connectivity index (χ1v) is 6.77. The molecule has 0 unspecified atom stereocenters. The summed E-state index contributed by atoms with van der Waals surface area (Å²) in [7, 11) is 0. The number of carbonyl (C=O) groups excluding carboxylic acids is 1. The number of fused-ring (bicyclic) bond motifs is 1. The number of alkyl halides is 1. The van der Waals surface area contributed by atoms with Crippen molar-refractivity contribution in [2.45, 2.75) is 13.6 Å². The number of aryl methyl sites for hydroxylation is 1. The topological polar surface area (TPSA) is 72.2 Å². The molecule has 0 saturated heterocycles. The van der Waals surface area contributed by atoms with Crippen molar-refractivity contribution in [1.29, 1.82) is 0 Å². The van der Waals surface area contributed by atoms with E-state index in [-0.39, 0.29) is 10.8 Å². The molecule has 1 N–H and O–H groups in total. The number of pyridine rings is 1.